The number of hydrogen-bond acceptors (Lipinski definition) is 5. The van der Waals surface area contributed by atoms with Crippen molar-refractivity contribution in [3.63, 3.8) is 0 Å². The van der Waals surface area contributed by atoms with Crippen molar-refractivity contribution < 1.29 is 9.47 Å². The molecule has 22 heavy (non-hydrogen) atoms. The van der Waals surface area contributed by atoms with Crippen molar-refractivity contribution in [2.75, 3.05) is 27.3 Å². The Morgan fingerprint density at radius 1 is 1.14 bits per heavy atom. The maximum Gasteiger partial charge on any atom is 0.160 e. The molecular formula is C17H24N2O2S. The van der Waals surface area contributed by atoms with E-state index in [1.54, 1.807) is 25.6 Å². The van der Waals surface area contributed by atoms with Crippen molar-refractivity contribution in [3.8, 4) is 11.5 Å². The van der Waals surface area contributed by atoms with Crippen molar-refractivity contribution in [1.82, 2.24) is 10.3 Å². The highest BCUT2D eigenvalue weighted by atomic mass is 32.1. The lowest BCUT2D eigenvalue weighted by Crippen LogP contribution is -2.17. The smallest absolute Gasteiger partial charge is 0.160 e. The van der Waals surface area contributed by atoms with E-state index in [-0.39, 0.29) is 0 Å². The molecule has 1 aromatic heterocycles. The zero-order chi connectivity index (χ0) is 15.8. The fourth-order valence-corrected chi connectivity index (χ4v) is 3.09. The van der Waals surface area contributed by atoms with Gasteiger partial charge in [-0.05, 0) is 30.7 Å². The van der Waals surface area contributed by atoms with Crippen LogP contribution in [0, 0.1) is 0 Å². The molecule has 0 aliphatic rings. The van der Waals surface area contributed by atoms with Gasteiger partial charge in [0.25, 0.3) is 0 Å². The predicted octanol–water partition coefficient (Wildman–Crippen LogP) is 3.29. The second-order valence-corrected chi connectivity index (χ2v) is 6.04. The zero-order valence-electron chi connectivity index (χ0n) is 13.5. The van der Waals surface area contributed by atoms with E-state index in [1.807, 2.05) is 12.1 Å². The second kappa shape index (κ2) is 8.76. The second-order valence-electron chi connectivity index (χ2n) is 5.10. The van der Waals surface area contributed by atoms with Crippen molar-refractivity contribution in [2.45, 2.75) is 26.2 Å². The van der Waals surface area contributed by atoms with Gasteiger partial charge >= 0.3 is 0 Å². The molecule has 5 heteroatoms. The average molecular weight is 320 g/mol. The van der Waals surface area contributed by atoms with Crippen molar-refractivity contribution in [1.29, 1.82) is 0 Å². The van der Waals surface area contributed by atoms with Crippen LogP contribution in [0.25, 0.3) is 0 Å². The summed E-state index contributed by atoms with van der Waals surface area (Å²) in [6.07, 6.45) is 2.98. The lowest BCUT2D eigenvalue weighted by molar-refractivity contribution is 0.354. The highest BCUT2D eigenvalue weighted by Gasteiger charge is 2.07. The van der Waals surface area contributed by atoms with Gasteiger partial charge in [-0.3, -0.25) is 0 Å². The molecule has 1 heterocycles. The standard InChI is InChI=1S/C17H24N2O2S/c1-4-8-18-9-7-14-12-22-17(19-14)11-13-5-6-15(20-2)16(10-13)21-3/h5-6,10,12,18H,4,7-9,11H2,1-3H3. The van der Waals surface area contributed by atoms with E-state index in [0.29, 0.717) is 0 Å². The first-order valence-electron chi connectivity index (χ1n) is 7.61. The molecule has 0 atom stereocenters. The van der Waals surface area contributed by atoms with Crippen LogP contribution < -0.4 is 14.8 Å². The number of benzene rings is 1. The number of aromatic nitrogens is 1. The number of hydrogen-bond donors (Lipinski definition) is 1. The minimum Gasteiger partial charge on any atom is -0.493 e. The number of thiazole rings is 1. The van der Waals surface area contributed by atoms with Gasteiger partial charge in [0.15, 0.2) is 11.5 Å². The monoisotopic (exact) mass is 320 g/mol. The first-order chi connectivity index (χ1) is 10.8. The summed E-state index contributed by atoms with van der Waals surface area (Å²) in [6, 6.07) is 6.02. The number of ether oxygens (including phenoxy) is 2. The third kappa shape index (κ3) is 4.71. The van der Waals surface area contributed by atoms with E-state index in [1.165, 1.54) is 17.7 Å². The molecule has 0 spiro atoms. The van der Waals surface area contributed by atoms with E-state index in [0.717, 1.165) is 42.4 Å². The number of nitrogens with zero attached hydrogens (tertiary/aromatic N) is 1. The van der Waals surface area contributed by atoms with Gasteiger partial charge in [0.2, 0.25) is 0 Å². The molecule has 1 aromatic carbocycles. The van der Waals surface area contributed by atoms with E-state index < -0.39 is 0 Å². The first kappa shape index (κ1) is 16.8. The van der Waals surface area contributed by atoms with Crippen molar-refractivity contribution in [2.24, 2.45) is 0 Å². The van der Waals surface area contributed by atoms with Gasteiger partial charge in [-0.15, -0.1) is 11.3 Å². The van der Waals surface area contributed by atoms with Crippen LogP contribution in [0.3, 0.4) is 0 Å². The molecule has 0 radical (unpaired) electrons. The normalized spacial score (nSPS) is 10.7. The molecule has 0 aliphatic heterocycles. The lowest BCUT2D eigenvalue weighted by atomic mass is 10.1. The molecule has 120 valence electrons. The average Bonchev–Trinajstić information content (AvgIpc) is 2.99. The summed E-state index contributed by atoms with van der Waals surface area (Å²) in [6.45, 7) is 4.24. The van der Waals surface area contributed by atoms with Gasteiger partial charge in [0.05, 0.1) is 24.9 Å². The van der Waals surface area contributed by atoms with Gasteiger partial charge in [-0.2, -0.15) is 0 Å². The molecule has 0 bridgehead atoms. The highest BCUT2D eigenvalue weighted by Crippen LogP contribution is 2.28. The van der Waals surface area contributed by atoms with Crippen LogP contribution >= 0.6 is 11.3 Å². The third-order valence-electron chi connectivity index (χ3n) is 3.39. The molecule has 4 nitrogen and oxygen atoms in total. The largest absolute Gasteiger partial charge is 0.493 e. The fraction of sp³-hybridized carbons (Fsp3) is 0.471. The van der Waals surface area contributed by atoms with Gasteiger partial charge in [-0.1, -0.05) is 13.0 Å². The molecule has 0 aliphatic carbocycles. The molecule has 0 saturated carbocycles. The first-order valence-corrected chi connectivity index (χ1v) is 8.49. The molecule has 0 amide bonds. The van der Waals surface area contributed by atoms with E-state index in [4.69, 9.17) is 14.5 Å². The molecular weight excluding hydrogens is 296 g/mol. The van der Waals surface area contributed by atoms with E-state index in [9.17, 15) is 0 Å². The Kier molecular flexibility index (Phi) is 6.68. The third-order valence-corrected chi connectivity index (χ3v) is 4.28. The van der Waals surface area contributed by atoms with Gasteiger partial charge in [0, 0.05) is 24.8 Å². The summed E-state index contributed by atoms with van der Waals surface area (Å²) in [5.41, 5.74) is 2.35. The zero-order valence-corrected chi connectivity index (χ0v) is 14.3. The fourth-order valence-electron chi connectivity index (χ4n) is 2.23. The summed E-state index contributed by atoms with van der Waals surface area (Å²) in [5.74, 6) is 1.52. The Bertz CT molecular complexity index is 584. The van der Waals surface area contributed by atoms with Crippen LogP contribution in [-0.2, 0) is 12.8 Å². The Morgan fingerprint density at radius 3 is 2.68 bits per heavy atom. The van der Waals surface area contributed by atoms with Crippen LogP contribution in [0.1, 0.15) is 29.6 Å². The Hall–Kier alpha value is -1.59. The van der Waals surface area contributed by atoms with Crippen LogP contribution in [0.5, 0.6) is 11.5 Å². The number of rotatable bonds is 9. The van der Waals surface area contributed by atoms with Crippen molar-refractivity contribution in [3.05, 3.63) is 39.8 Å². The number of nitrogens with one attached hydrogen (secondary N) is 1. The molecule has 2 aromatic rings. The molecule has 0 saturated heterocycles. The van der Waals surface area contributed by atoms with Crippen LogP contribution in [0.2, 0.25) is 0 Å². The van der Waals surface area contributed by atoms with Crippen LogP contribution in [0.4, 0.5) is 0 Å². The van der Waals surface area contributed by atoms with Crippen LogP contribution in [-0.4, -0.2) is 32.3 Å². The molecule has 0 unspecified atom stereocenters. The lowest BCUT2D eigenvalue weighted by Gasteiger charge is -2.08. The Morgan fingerprint density at radius 2 is 1.95 bits per heavy atom. The van der Waals surface area contributed by atoms with E-state index >= 15 is 0 Å². The topological polar surface area (TPSA) is 43.4 Å². The molecule has 0 fully saturated rings. The summed E-state index contributed by atoms with van der Waals surface area (Å²) in [4.78, 5) is 4.71. The Labute approximate surface area is 136 Å². The minimum atomic E-state index is 0.757. The maximum atomic E-state index is 5.35. The summed E-state index contributed by atoms with van der Waals surface area (Å²) in [7, 11) is 3.31. The maximum absolute atomic E-state index is 5.35. The minimum absolute atomic E-state index is 0.757. The summed E-state index contributed by atoms with van der Waals surface area (Å²) >= 11 is 1.72. The quantitative estimate of drug-likeness (QED) is 0.720. The summed E-state index contributed by atoms with van der Waals surface area (Å²) in [5, 5.41) is 6.70. The van der Waals surface area contributed by atoms with Crippen LogP contribution in [0.15, 0.2) is 23.6 Å². The SMILES string of the molecule is CCCNCCc1csc(Cc2ccc(OC)c(OC)c2)n1. The van der Waals surface area contributed by atoms with Gasteiger partial charge in [0.1, 0.15) is 0 Å². The summed E-state index contributed by atoms with van der Waals surface area (Å²) < 4.78 is 10.6. The van der Waals surface area contributed by atoms with Gasteiger partial charge in [-0.25, -0.2) is 4.98 Å². The molecule has 1 N–H and O–H groups in total. The Balaban J connectivity index is 1.95. The van der Waals surface area contributed by atoms with Crippen molar-refractivity contribution >= 4 is 11.3 Å². The van der Waals surface area contributed by atoms with E-state index in [2.05, 4.69) is 23.7 Å². The number of methoxy groups -OCH3 is 2. The molecule has 2 rings (SSSR count). The predicted molar refractivity (Wildman–Crippen MR) is 91.3 cm³/mol. The van der Waals surface area contributed by atoms with Gasteiger partial charge < -0.3 is 14.8 Å². The highest BCUT2D eigenvalue weighted by molar-refractivity contribution is 7.09.